The van der Waals surface area contributed by atoms with E-state index >= 15 is 0 Å². The number of fused-ring (bicyclic) bond motifs is 8. The van der Waals surface area contributed by atoms with Gasteiger partial charge in [0.15, 0.2) is 0 Å². The zero-order chi connectivity index (χ0) is 30.2. The zero-order valence-electron chi connectivity index (χ0n) is 26.5. The molecule has 5 aliphatic carbocycles. The minimum absolute atomic E-state index is 0.00788. The zero-order valence-corrected chi connectivity index (χ0v) is 26.5. The van der Waals surface area contributed by atoms with Gasteiger partial charge in [0, 0.05) is 16.9 Å². The molecule has 0 bridgehead atoms. The number of hydrogen-bond donors (Lipinski definition) is 2. The number of nitrogens with one attached hydrogen (secondary N) is 2. The number of benzene rings is 3. The summed E-state index contributed by atoms with van der Waals surface area (Å²) in [4.78, 5) is 5.34. The summed E-state index contributed by atoms with van der Waals surface area (Å²) in [5.74, 6) is 1.94. The van der Waals surface area contributed by atoms with Gasteiger partial charge in [0.1, 0.15) is 18.2 Å². The average molecular weight is 590 g/mol. The van der Waals surface area contributed by atoms with E-state index < -0.39 is 0 Å². The lowest BCUT2D eigenvalue weighted by molar-refractivity contribution is 0.344. The second-order valence-electron chi connectivity index (χ2n) is 14.6. The minimum atomic E-state index is -0.121. The van der Waals surface area contributed by atoms with Crippen molar-refractivity contribution in [1.29, 1.82) is 0 Å². The van der Waals surface area contributed by atoms with E-state index in [4.69, 9.17) is 4.99 Å². The first-order valence-electron chi connectivity index (χ1n) is 17.2. The normalized spacial score (nSPS) is 28.5. The van der Waals surface area contributed by atoms with Crippen molar-refractivity contribution in [3.8, 4) is 0 Å². The van der Waals surface area contributed by atoms with Crippen LogP contribution < -0.4 is 10.6 Å². The van der Waals surface area contributed by atoms with Crippen LogP contribution in [0, 0.1) is 5.92 Å². The lowest BCUT2D eigenvalue weighted by atomic mass is 9.64. The molecule has 3 nitrogen and oxygen atoms in total. The average Bonchev–Trinajstić information content (AvgIpc) is 3.49. The molecule has 3 aromatic rings. The molecule has 3 heteroatoms. The quantitative estimate of drug-likeness (QED) is 0.319. The summed E-state index contributed by atoms with van der Waals surface area (Å²) in [6.07, 6.45) is 20.7. The Labute approximate surface area is 268 Å². The molecule has 1 heterocycles. The van der Waals surface area contributed by atoms with Crippen molar-refractivity contribution in [3.05, 3.63) is 148 Å². The SMILES string of the molecule is CC1(C)c2ccccc2C2C=C3C(=CC21)c1ccc(C2N=C(C4=CCCC=C4)NC(c4ccccc4)N2)cc1C31CCCCC1. The fraction of sp³-hybridized carbons (Fsp3) is 0.357. The molecule has 0 saturated heterocycles. The van der Waals surface area contributed by atoms with Crippen LogP contribution in [-0.2, 0) is 10.8 Å². The van der Waals surface area contributed by atoms with Crippen LogP contribution in [0.25, 0.3) is 5.57 Å². The van der Waals surface area contributed by atoms with E-state index in [-0.39, 0.29) is 23.2 Å². The summed E-state index contributed by atoms with van der Waals surface area (Å²) in [7, 11) is 0. The molecule has 1 saturated carbocycles. The van der Waals surface area contributed by atoms with Gasteiger partial charge in [0.2, 0.25) is 0 Å². The molecule has 0 aromatic heterocycles. The van der Waals surface area contributed by atoms with Gasteiger partial charge in [-0.15, -0.1) is 0 Å². The molecule has 4 unspecified atom stereocenters. The lowest BCUT2D eigenvalue weighted by Crippen LogP contribution is -2.45. The molecule has 4 atom stereocenters. The summed E-state index contributed by atoms with van der Waals surface area (Å²) in [5, 5.41) is 7.60. The maximum absolute atomic E-state index is 5.34. The van der Waals surface area contributed by atoms with Crippen LogP contribution in [0.1, 0.15) is 110 Å². The van der Waals surface area contributed by atoms with E-state index in [9.17, 15) is 0 Å². The highest BCUT2D eigenvalue weighted by Crippen LogP contribution is 2.63. The summed E-state index contributed by atoms with van der Waals surface area (Å²) in [6, 6.07) is 27.3. The molecule has 3 aromatic carbocycles. The third-order valence-corrected chi connectivity index (χ3v) is 11.9. The van der Waals surface area contributed by atoms with Crippen molar-refractivity contribution in [2.75, 3.05) is 0 Å². The first-order valence-corrected chi connectivity index (χ1v) is 17.2. The van der Waals surface area contributed by atoms with E-state index in [2.05, 4.69) is 128 Å². The molecule has 9 rings (SSSR count). The van der Waals surface area contributed by atoms with Crippen LogP contribution in [-0.4, -0.2) is 5.84 Å². The molecule has 6 aliphatic rings. The van der Waals surface area contributed by atoms with Crippen molar-refractivity contribution < 1.29 is 0 Å². The number of nitrogens with zero attached hydrogens (tertiary/aromatic N) is 1. The second kappa shape index (κ2) is 10.3. The first-order chi connectivity index (χ1) is 22.0. The highest BCUT2D eigenvalue weighted by molar-refractivity contribution is 6.01. The van der Waals surface area contributed by atoms with Gasteiger partial charge in [-0.05, 0) is 81.5 Å². The van der Waals surface area contributed by atoms with Gasteiger partial charge in [-0.1, -0.05) is 136 Å². The van der Waals surface area contributed by atoms with Gasteiger partial charge in [0.05, 0.1) is 0 Å². The topological polar surface area (TPSA) is 36.4 Å². The maximum Gasteiger partial charge on any atom is 0.131 e. The third-order valence-electron chi connectivity index (χ3n) is 11.9. The predicted molar refractivity (Wildman–Crippen MR) is 185 cm³/mol. The smallest absolute Gasteiger partial charge is 0.131 e. The van der Waals surface area contributed by atoms with E-state index in [0.29, 0.717) is 11.8 Å². The summed E-state index contributed by atoms with van der Waals surface area (Å²) in [6.45, 7) is 4.92. The molecule has 1 aliphatic heterocycles. The van der Waals surface area contributed by atoms with E-state index in [1.54, 1.807) is 11.1 Å². The van der Waals surface area contributed by atoms with Gasteiger partial charge < -0.3 is 5.32 Å². The minimum Gasteiger partial charge on any atom is -0.350 e. The van der Waals surface area contributed by atoms with Gasteiger partial charge >= 0.3 is 0 Å². The molecule has 1 spiro atoms. The fourth-order valence-electron chi connectivity index (χ4n) is 9.58. The lowest BCUT2D eigenvalue weighted by Gasteiger charge is -2.39. The van der Waals surface area contributed by atoms with Crippen LogP contribution in [0.5, 0.6) is 0 Å². The molecular weight excluding hydrogens is 546 g/mol. The number of allylic oxidation sites excluding steroid dienone is 6. The number of rotatable bonds is 3. The van der Waals surface area contributed by atoms with Crippen LogP contribution >= 0.6 is 0 Å². The summed E-state index contributed by atoms with van der Waals surface area (Å²) in [5.41, 5.74) is 13.1. The van der Waals surface area contributed by atoms with Crippen LogP contribution in [0.4, 0.5) is 0 Å². The Kier molecular flexibility index (Phi) is 6.26. The second-order valence-corrected chi connectivity index (χ2v) is 14.6. The van der Waals surface area contributed by atoms with Crippen molar-refractivity contribution in [2.45, 2.75) is 87.9 Å². The van der Waals surface area contributed by atoms with Crippen molar-refractivity contribution in [3.63, 3.8) is 0 Å². The Morgan fingerprint density at radius 3 is 2.44 bits per heavy atom. The molecule has 2 N–H and O–H groups in total. The van der Waals surface area contributed by atoms with E-state index in [1.807, 2.05) is 0 Å². The highest BCUT2D eigenvalue weighted by Gasteiger charge is 2.52. The predicted octanol–water partition coefficient (Wildman–Crippen LogP) is 9.48. The highest BCUT2D eigenvalue weighted by atomic mass is 15.3. The van der Waals surface area contributed by atoms with Gasteiger partial charge in [-0.25, -0.2) is 4.99 Å². The van der Waals surface area contributed by atoms with Gasteiger partial charge in [-0.2, -0.15) is 0 Å². The van der Waals surface area contributed by atoms with Gasteiger partial charge in [-0.3, -0.25) is 5.32 Å². The molecule has 226 valence electrons. The Bertz CT molecular complexity index is 1830. The summed E-state index contributed by atoms with van der Waals surface area (Å²) < 4.78 is 0. The van der Waals surface area contributed by atoms with Crippen LogP contribution in [0.15, 0.2) is 119 Å². The van der Waals surface area contributed by atoms with Crippen molar-refractivity contribution >= 4 is 11.4 Å². The summed E-state index contributed by atoms with van der Waals surface area (Å²) >= 11 is 0. The van der Waals surface area contributed by atoms with Crippen LogP contribution in [0.2, 0.25) is 0 Å². The first kappa shape index (κ1) is 27.4. The van der Waals surface area contributed by atoms with E-state index in [1.165, 1.54) is 71.1 Å². The molecule has 45 heavy (non-hydrogen) atoms. The Hall–Kier alpha value is -3.95. The van der Waals surface area contributed by atoms with Crippen LogP contribution in [0.3, 0.4) is 0 Å². The molecular formula is C42H43N3. The number of aliphatic imine (C=N–C) groups is 1. The maximum atomic E-state index is 5.34. The van der Waals surface area contributed by atoms with Crippen molar-refractivity contribution in [1.82, 2.24) is 10.6 Å². The Balaban J connectivity index is 1.16. The number of hydrogen-bond acceptors (Lipinski definition) is 3. The third kappa shape index (κ3) is 4.16. The Morgan fingerprint density at radius 2 is 1.62 bits per heavy atom. The standard InChI is InChI=1S/C42H43N3/c1-41(2)34-19-11-10-18-30(34)32-26-37-33(25-35(32)41)31-21-20-29(24-36(31)42(37)22-12-5-13-23-42)40-44-38(27-14-6-3-7-15-27)43-39(45-40)28-16-8-4-9-17-28/h3,6-8,10-11,14-21,24-26,32,35,38,40,44H,4-5,9,12-13,22-23H2,1-2H3,(H,43,45). The van der Waals surface area contributed by atoms with Gasteiger partial charge in [0.25, 0.3) is 0 Å². The largest absolute Gasteiger partial charge is 0.350 e. The monoisotopic (exact) mass is 589 g/mol. The molecule has 1 fully saturated rings. The fourth-order valence-corrected chi connectivity index (χ4v) is 9.58. The Morgan fingerprint density at radius 1 is 0.800 bits per heavy atom. The molecule has 0 radical (unpaired) electrons. The number of amidine groups is 1. The van der Waals surface area contributed by atoms with Crippen molar-refractivity contribution in [2.24, 2.45) is 10.9 Å². The molecule has 0 amide bonds. The van der Waals surface area contributed by atoms with E-state index in [0.717, 1.165) is 18.7 Å².